The second-order valence-electron chi connectivity index (χ2n) is 16.9. The highest BCUT2D eigenvalue weighted by Gasteiger charge is 2.58. The predicted molar refractivity (Wildman–Crippen MR) is 232 cm³/mol. The molecule has 0 spiro atoms. The van der Waals surface area contributed by atoms with Crippen LogP contribution in [0.3, 0.4) is 0 Å². The molecule has 0 aliphatic carbocycles. The molecule has 7 rings (SSSR count). The van der Waals surface area contributed by atoms with Gasteiger partial charge in [-0.15, -0.1) is 0 Å². The average Bonchev–Trinajstić information content (AvgIpc) is 3.68. The average molecular weight is 804 g/mol. The number of benzene rings is 5. The lowest BCUT2D eigenvalue weighted by atomic mass is 9.49. The van der Waals surface area contributed by atoms with E-state index in [0.717, 1.165) is 22.2 Å². The van der Waals surface area contributed by atoms with Crippen molar-refractivity contribution in [2.24, 2.45) is 5.41 Å². The summed E-state index contributed by atoms with van der Waals surface area (Å²) >= 11 is 0. The number of nitrogens with zero attached hydrogens (tertiary/aromatic N) is 1. The van der Waals surface area contributed by atoms with E-state index in [1.165, 1.54) is 0 Å². The Kier molecular flexibility index (Phi) is 11.7. The van der Waals surface area contributed by atoms with Crippen LogP contribution in [0.25, 0.3) is 5.57 Å². The van der Waals surface area contributed by atoms with E-state index in [2.05, 4.69) is 46.4 Å². The first kappa shape index (κ1) is 41.9. The molecule has 0 bridgehead atoms. The highest BCUT2D eigenvalue weighted by molar-refractivity contribution is 6.69. The third-order valence-corrected chi connectivity index (χ3v) is 12.7. The highest BCUT2D eigenvalue weighted by Crippen LogP contribution is 2.57. The number of esters is 4. The number of hydrogen-bond acceptors (Lipinski definition) is 9. The minimum Gasteiger partial charge on any atom is -0.457 e. The summed E-state index contributed by atoms with van der Waals surface area (Å²) in [5.41, 5.74) is 2.47. The van der Waals surface area contributed by atoms with Gasteiger partial charge in [-0.2, -0.15) is 0 Å². The van der Waals surface area contributed by atoms with Crippen molar-refractivity contribution >= 4 is 42.2 Å². The normalized spacial score (nSPS) is 15.8. The zero-order chi connectivity index (χ0) is 42.8. The first-order chi connectivity index (χ1) is 28.6. The topological polar surface area (TPSA) is 108 Å². The lowest BCUT2D eigenvalue weighted by molar-refractivity contribution is -0.00366. The lowest BCUT2D eigenvalue weighted by Crippen LogP contribution is -2.64. The fourth-order valence-corrected chi connectivity index (χ4v) is 8.55. The van der Waals surface area contributed by atoms with E-state index in [9.17, 15) is 14.4 Å². The Balaban J connectivity index is 1.51. The van der Waals surface area contributed by atoms with E-state index in [-0.39, 0.29) is 44.8 Å². The molecule has 2 heterocycles. The summed E-state index contributed by atoms with van der Waals surface area (Å²) in [5, 5.41) is 0. The van der Waals surface area contributed by atoms with Gasteiger partial charge in [-0.05, 0) is 73.5 Å². The van der Waals surface area contributed by atoms with Crippen LogP contribution in [0.2, 0.25) is 0 Å². The molecule has 0 saturated heterocycles. The number of hydrogen-bond donors (Lipinski definition) is 0. The summed E-state index contributed by atoms with van der Waals surface area (Å²) in [6, 6.07) is 36.5. The SMILES string of the molecule is CN1C(C)(C)C2=C(Bc3c(C(=O)OCc4ccccc4)c(C(=O)OCc4ccccc4)c(C(=O)OCc4ccccc4)c(C(=O)OCc4ccccc4)c32)C(C)(C)C1(C)C. The molecule has 5 aromatic rings. The molecule has 0 radical (unpaired) electrons. The maximum absolute atomic E-state index is 15.0. The van der Waals surface area contributed by atoms with Crippen molar-refractivity contribution in [3.8, 4) is 0 Å². The minimum atomic E-state index is -0.993. The maximum atomic E-state index is 15.0. The Morgan fingerprint density at radius 2 is 0.800 bits per heavy atom. The molecule has 2 aliphatic heterocycles. The standard InChI is InChI=1S/C50H50BNO8/c1-48(2)43-41(49(3,4)52(7)50(48,5)6)39-37(45(54)58-29-33-22-14-9-15-23-33)36(44(53)57-28-32-20-12-8-13-21-32)38(46(55)59-30-34-24-16-10-17-25-34)40(42(39)51-43)47(56)60-31-35-26-18-11-19-27-35/h8-27,51H,28-31H2,1-7H3. The van der Waals surface area contributed by atoms with Crippen LogP contribution in [-0.4, -0.2) is 54.2 Å². The molecule has 5 aromatic carbocycles. The number of fused-ring (bicyclic) bond motifs is 2. The van der Waals surface area contributed by atoms with Crippen molar-refractivity contribution in [2.45, 2.75) is 79.0 Å². The molecule has 0 N–H and O–H groups in total. The molecule has 10 heteroatoms. The second-order valence-corrected chi connectivity index (χ2v) is 16.9. The van der Waals surface area contributed by atoms with Crippen LogP contribution in [0.4, 0.5) is 0 Å². The van der Waals surface area contributed by atoms with Crippen LogP contribution in [-0.2, 0) is 45.4 Å². The first-order valence-electron chi connectivity index (χ1n) is 20.2. The highest BCUT2D eigenvalue weighted by atomic mass is 16.5. The van der Waals surface area contributed by atoms with E-state index < -0.39 is 51.5 Å². The third-order valence-electron chi connectivity index (χ3n) is 12.7. The number of likely N-dealkylation sites (N-methyl/N-ethyl adjacent to an activating group) is 1. The quantitative estimate of drug-likeness (QED) is 0.0698. The third kappa shape index (κ3) is 7.79. The molecule has 60 heavy (non-hydrogen) atoms. The Bertz CT molecular complexity index is 2460. The Morgan fingerprint density at radius 1 is 0.483 bits per heavy atom. The first-order valence-corrected chi connectivity index (χ1v) is 20.2. The molecule has 2 aliphatic rings. The Hall–Kier alpha value is -6.26. The van der Waals surface area contributed by atoms with Gasteiger partial charge in [0.1, 0.15) is 26.4 Å². The van der Waals surface area contributed by atoms with Crippen LogP contribution < -0.4 is 5.46 Å². The summed E-state index contributed by atoms with van der Waals surface area (Å²) in [4.78, 5) is 62.1. The zero-order valence-corrected chi connectivity index (χ0v) is 35.3. The number of ether oxygens (including phenoxy) is 4. The smallest absolute Gasteiger partial charge is 0.340 e. The van der Waals surface area contributed by atoms with E-state index in [0.29, 0.717) is 22.2 Å². The molecule has 0 unspecified atom stereocenters. The fraction of sp³-hybridized carbons (Fsp3) is 0.280. The van der Waals surface area contributed by atoms with Crippen LogP contribution in [0.1, 0.15) is 111 Å². The van der Waals surface area contributed by atoms with E-state index in [4.69, 9.17) is 18.9 Å². The van der Waals surface area contributed by atoms with Crippen molar-refractivity contribution in [1.29, 1.82) is 0 Å². The molecule has 0 aromatic heterocycles. The number of carbonyl (C=O) groups excluding carboxylic acids is 4. The van der Waals surface area contributed by atoms with Crippen LogP contribution in [0.15, 0.2) is 127 Å². The van der Waals surface area contributed by atoms with Crippen molar-refractivity contribution in [3.63, 3.8) is 0 Å². The molecule has 0 amide bonds. The van der Waals surface area contributed by atoms with Gasteiger partial charge in [0.15, 0.2) is 7.28 Å². The van der Waals surface area contributed by atoms with E-state index in [1.54, 1.807) is 24.3 Å². The van der Waals surface area contributed by atoms with Gasteiger partial charge in [0.25, 0.3) is 0 Å². The largest absolute Gasteiger partial charge is 0.457 e. The molecule has 0 atom stereocenters. The molecular formula is C50H50BNO8. The number of rotatable bonds is 12. The van der Waals surface area contributed by atoms with Crippen LogP contribution in [0, 0.1) is 5.41 Å². The molecule has 9 nitrogen and oxygen atoms in total. The summed E-state index contributed by atoms with van der Waals surface area (Å²) in [7, 11) is 2.24. The summed E-state index contributed by atoms with van der Waals surface area (Å²) in [6.07, 6.45) is 0. The van der Waals surface area contributed by atoms with Gasteiger partial charge in [-0.3, -0.25) is 4.90 Å². The summed E-state index contributed by atoms with van der Waals surface area (Å²) < 4.78 is 24.1. The van der Waals surface area contributed by atoms with Crippen molar-refractivity contribution in [2.75, 3.05) is 7.05 Å². The van der Waals surface area contributed by atoms with Crippen LogP contribution in [0.5, 0.6) is 0 Å². The van der Waals surface area contributed by atoms with E-state index >= 15 is 4.79 Å². The van der Waals surface area contributed by atoms with Crippen molar-refractivity contribution < 1.29 is 38.1 Å². The Morgan fingerprint density at radius 3 is 1.17 bits per heavy atom. The monoisotopic (exact) mass is 803 g/mol. The maximum Gasteiger partial charge on any atom is 0.340 e. The Labute approximate surface area is 352 Å². The van der Waals surface area contributed by atoms with Gasteiger partial charge < -0.3 is 18.9 Å². The summed E-state index contributed by atoms with van der Waals surface area (Å²) in [6.45, 7) is 12.2. The van der Waals surface area contributed by atoms with E-state index in [1.807, 2.05) is 104 Å². The van der Waals surface area contributed by atoms with Gasteiger partial charge in [0, 0.05) is 11.1 Å². The van der Waals surface area contributed by atoms with Crippen LogP contribution >= 0.6 is 0 Å². The lowest BCUT2D eigenvalue weighted by Gasteiger charge is -2.60. The van der Waals surface area contributed by atoms with Gasteiger partial charge in [0.05, 0.1) is 22.3 Å². The number of carbonyl (C=O) groups is 4. The van der Waals surface area contributed by atoms with Crippen molar-refractivity contribution in [1.82, 2.24) is 4.90 Å². The van der Waals surface area contributed by atoms with Gasteiger partial charge in [-0.25, -0.2) is 19.2 Å². The van der Waals surface area contributed by atoms with Gasteiger partial charge in [0.2, 0.25) is 0 Å². The molecule has 0 fully saturated rings. The predicted octanol–water partition coefficient (Wildman–Crippen LogP) is 8.43. The van der Waals surface area contributed by atoms with Gasteiger partial charge in [-0.1, -0.05) is 146 Å². The molecule has 0 saturated carbocycles. The van der Waals surface area contributed by atoms with Gasteiger partial charge >= 0.3 is 23.9 Å². The molecular weight excluding hydrogens is 753 g/mol. The molecule has 306 valence electrons. The fourth-order valence-electron chi connectivity index (χ4n) is 8.55. The van der Waals surface area contributed by atoms with Crippen molar-refractivity contribution in [3.05, 3.63) is 177 Å². The minimum absolute atomic E-state index is 0.110. The summed E-state index contributed by atoms with van der Waals surface area (Å²) in [5.74, 6) is -3.67. The zero-order valence-electron chi connectivity index (χ0n) is 35.3. The second kappa shape index (κ2) is 16.8.